The van der Waals surface area contributed by atoms with Gasteiger partial charge in [-0.05, 0) is 13.8 Å². The number of hydrogen-bond donors (Lipinski definition) is 1. The second-order valence-electron chi connectivity index (χ2n) is 3.64. The van der Waals surface area contributed by atoms with E-state index in [1.165, 1.54) is 6.33 Å². The van der Waals surface area contributed by atoms with E-state index in [1.54, 1.807) is 13.4 Å². The Hall–Kier alpha value is -1.17. The summed E-state index contributed by atoms with van der Waals surface area (Å²) >= 11 is 0. The third-order valence-electron chi connectivity index (χ3n) is 2.10. The highest BCUT2D eigenvalue weighted by Gasteiger charge is 2.10. The molecule has 5 nitrogen and oxygen atoms in total. The average molecular weight is 243 g/mol. The maximum absolute atomic E-state index is 11.1. The van der Waals surface area contributed by atoms with E-state index in [9.17, 15) is 4.21 Å². The van der Waals surface area contributed by atoms with Gasteiger partial charge in [0.15, 0.2) is 0 Å². The number of nitrogens with zero attached hydrogens (tertiary/aromatic N) is 2. The van der Waals surface area contributed by atoms with Crippen molar-refractivity contribution >= 4 is 16.6 Å². The van der Waals surface area contributed by atoms with Crippen LogP contribution < -0.4 is 10.1 Å². The lowest BCUT2D eigenvalue weighted by Crippen LogP contribution is -2.23. The second kappa shape index (κ2) is 5.79. The number of aromatic nitrogens is 2. The van der Waals surface area contributed by atoms with Crippen LogP contribution in [0, 0.1) is 6.92 Å². The summed E-state index contributed by atoms with van der Waals surface area (Å²) in [7, 11) is 0.753. The molecule has 0 aliphatic carbocycles. The molecule has 16 heavy (non-hydrogen) atoms. The first-order valence-corrected chi connectivity index (χ1v) is 6.69. The number of hydrogen-bond acceptors (Lipinski definition) is 5. The van der Waals surface area contributed by atoms with Gasteiger partial charge in [0.2, 0.25) is 5.88 Å². The van der Waals surface area contributed by atoms with Gasteiger partial charge in [0.25, 0.3) is 0 Å². The Morgan fingerprint density at radius 1 is 1.56 bits per heavy atom. The van der Waals surface area contributed by atoms with E-state index in [0.29, 0.717) is 11.6 Å². The summed E-state index contributed by atoms with van der Waals surface area (Å²) in [6.45, 7) is 3.85. The summed E-state index contributed by atoms with van der Waals surface area (Å²) in [5.41, 5.74) is 0.860. The number of anilines is 1. The highest BCUT2D eigenvalue weighted by molar-refractivity contribution is 7.84. The Labute approximate surface area is 98.1 Å². The van der Waals surface area contributed by atoms with Gasteiger partial charge >= 0.3 is 0 Å². The lowest BCUT2D eigenvalue weighted by Gasteiger charge is -2.15. The first kappa shape index (κ1) is 12.9. The third kappa shape index (κ3) is 3.44. The van der Waals surface area contributed by atoms with E-state index in [2.05, 4.69) is 15.3 Å². The Balaban J connectivity index is 2.77. The summed E-state index contributed by atoms with van der Waals surface area (Å²) in [6, 6.07) is 0.101. The Morgan fingerprint density at radius 3 is 2.81 bits per heavy atom. The smallest absolute Gasteiger partial charge is 0.221 e. The molecule has 6 heteroatoms. The van der Waals surface area contributed by atoms with Gasteiger partial charge in [0, 0.05) is 28.9 Å². The summed E-state index contributed by atoms with van der Waals surface area (Å²) in [5.74, 6) is 1.87. The Morgan fingerprint density at radius 2 is 2.25 bits per heavy atom. The fourth-order valence-corrected chi connectivity index (χ4v) is 2.20. The van der Waals surface area contributed by atoms with Crippen LogP contribution in [0.25, 0.3) is 0 Å². The Bertz CT molecular complexity index is 384. The first-order chi connectivity index (χ1) is 7.54. The van der Waals surface area contributed by atoms with Crippen LogP contribution in [0.2, 0.25) is 0 Å². The van der Waals surface area contributed by atoms with Crippen molar-refractivity contribution in [2.24, 2.45) is 0 Å². The van der Waals surface area contributed by atoms with Crippen molar-refractivity contribution in [3.8, 4) is 5.88 Å². The highest BCUT2D eigenvalue weighted by atomic mass is 32.2. The van der Waals surface area contributed by atoms with Crippen LogP contribution in [0.15, 0.2) is 6.33 Å². The molecule has 1 N–H and O–H groups in total. The van der Waals surface area contributed by atoms with Crippen LogP contribution >= 0.6 is 0 Å². The fraction of sp³-hybridized carbons (Fsp3) is 0.600. The van der Waals surface area contributed by atoms with Crippen LogP contribution in [-0.2, 0) is 10.8 Å². The van der Waals surface area contributed by atoms with E-state index >= 15 is 0 Å². The zero-order valence-corrected chi connectivity index (χ0v) is 10.8. The molecule has 0 aliphatic rings. The predicted octanol–water partition coefficient (Wildman–Crippen LogP) is 0.973. The van der Waals surface area contributed by atoms with Gasteiger partial charge in [-0.3, -0.25) is 4.21 Å². The monoisotopic (exact) mass is 243 g/mol. The van der Waals surface area contributed by atoms with E-state index in [-0.39, 0.29) is 6.04 Å². The summed E-state index contributed by atoms with van der Waals surface area (Å²) in [4.78, 5) is 8.13. The SMILES string of the molecule is COc1ncnc(NC(C)CS(C)=O)c1C. The number of nitrogens with one attached hydrogen (secondary N) is 1. The molecule has 0 aromatic carbocycles. The fourth-order valence-electron chi connectivity index (χ4n) is 1.41. The third-order valence-corrected chi connectivity index (χ3v) is 3.07. The normalized spacial score (nSPS) is 14.2. The first-order valence-electron chi connectivity index (χ1n) is 4.96. The van der Waals surface area contributed by atoms with Gasteiger partial charge in [-0.15, -0.1) is 0 Å². The van der Waals surface area contributed by atoms with E-state index in [4.69, 9.17) is 4.74 Å². The predicted molar refractivity (Wildman–Crippen MR) is 65.3 cm³/mol. The number of ether oxygens (including phenoxy) is 1. The molecular weight excluding hydrogens is 226 g/mol. The maximum atomic E-state index is 11.1. The molecule has 1 aromatic heterocycles. The van der Waals surface area contributed by atoms with Crippen molar-refractivity contribution in [2.75, 3.05) is 24.4 Å². The minimum absolute atomic E-state index is 0.101. The minimum Gasteiger partial charge on any atom is -0.481 e. The molecule has 0 saturated heterocycles. The van der Waals surface area contributed by atoms with Crippen molar-refractivity contribution in [1.82, 2.24) is 9.97 Å². The Kier molecular flexibility index (Phi) is 4.67. The molecule has 90 valence electrons. The zero-order valence-electron chi connectivity index (χ0n) is 9.98. The maximum Gasteiger partial charge on any atom is 0.221 e. The molecule has 0 aliphatic heterocycles. The quantitative estimate of drug-likeness (QED) is 0.835. The number of rotatable bonds is 5. The summed E-state index contributed by atoms with van der Waals surface area (Å²) in [5, 5.41) is 3.19. The summed E-state index contributed by atoms with van der Waals surface area (Å²) < 4.78 is 16.2. The molecule has 1 rings (SSSR count). The summed E-state index contributed by atoms with van der Waals surface area (Å²) in [6.07, 6.45) is 3.13. The molecule has 0 spiro atoms. The minimum atomic E-state index is -0.820. The van der Waals surface area contributed by atoms with Crippen molar-refractivity contribution in [3.05, 3.63) is 11.9 Å². The molecule has 1 aromatic rings. The van der Waals surface area contributed by atoms with Gasteiger partial charge in [-0.25, -0.2) is 9.97 Å². The van der Waals surface area contributed by atoms with Crippen LogP contribution in [0.5, 0.6) is 5.88 Å². The largest absolute Gasteiger partial charge is 0.481 e. The molecule has 0 radical (unpaired) electrons. The lowest BCUT2D eigenvalue weighted by molar-refractivity contribution is 0.393. The van der Waals surface area contributed by atoms with Crippen LogP contribution in [0.3, 0.4) is 0 Å². The molecule has 0 bridgehead atoms. The number of methoxy groups -OCH3 is 1. The lowest BCUT2D eigenvalue weighted by atomic mass is 10.3. The van der Waals surface area contributed by atoms with E-state index in [0.717, 1.165) is 11.4 Å². The highest BCUT2D eigenvalue weighted by Crippen LogP contribution is 2.20. The van der Waals surface area contributed by atoms with Crippen LogP contribution in [-0.4, -0.2) is 39.3 Å². The second-order valence-corrected chi connectivity index (χ2v) is 5.12. The van der Waals surface area contributed by atoms with Crippen molar-refractivity contribution in [2.45, 2.75) is 19.9 Å². The average Bonchev–Trinajstić information content (AvgIpc) is 2.20. The standard InChI is InChI=1S/C10H17N3O2S/c1-7(5-16(4)14)13-9-8(2)10(15-3)12-6-11-9/h6-7H,5H2,1-4H3,(H,11,12,13). The molecule has 2 atom stereocenters. The van der Waals surface area contributed by atoms with Gasteiger partial charge in [0.05, 0.1) is 12.7 Å². The molecule has 2 unspecified atom stereocenters. The van der Waals surface area contributed by atoms with Gasteiger partial charge in [-0.2, -0.15) is 0 Å². The van der Waals surface area contributed by atoms with E-state index in [1.807, 2.05) is 13.8 Å². The van der Waals surface area contributed by atoms with Gasteiger partial charge in [-0.1, -0.05) is 0 Å². The van der Waals surface area contributed by atoms with Crippen molar-refractivity contribution in [3.63, 3.8) is 0 Å². The molecule has 0 saturated carbocycles. The van der Waals surface area contributed by atoms with Crippen molar-refractivity contribution in [1.29, 1.82) is 0 Å². The van der Waals surface area contributed by atoms with Crippen LogP contribution in [0.4, 0.5) is 5.82 Å². The van der Waals surface area contributed by atoms with Gasteiger partial charge < -0.3 is 10.1 Å². The van der Waals surface area contributed by atoms with Crippen molar-refractivity contribution < 1.29 is 8.95 Å². The van der Waals surface area contributed by atoms with Gasteiger partial charge in [0.1, 0.15) is 12.1 Å². The van der Waals surface area contributed by atoms with Crippen LogP contribution in [0.1, 0.15) is 12.5 Å². The van der Waals surface area contributed by atoms with E-state index < -0.39 is 10.8 Å². The topological polar surface area (TPSA) is 64.1 Å². The molecule has 1 heterocycles. The molecule has 0 fully saturated rings. The molecular formula is C10H17N3O2S. The zero-order chi connectivity index (χ0) is 12.1. The molecule has 0 amide bonds.